The number of hydrogen-bond acceptors (Lipinski definition) is 2. The van der Waals surface area contributed by atoms with Gasteiger partial charge in [0.25, 0.3) is 0 Å². The van der Waals surface area contributed by atoms with Gasteiger partial charge in [-0.2, -0.15) is 5.10 Å². The van der Waals surface area contributed by atoms with Crippen LogP contribution in [0.4, 0.5) is 0 Å². The zero-order valence-corrected chi connectivity index (χ0v) is 13.0. The highest BCUT2D eigenvalue weighted by atomic mass is 15.3. The molecule has 1 unspecified atom stereocenters. The zero-order valence-electron chi connectivity index (χ0n) is 13.0. The van der Waals surface area contributed by atoms with Crippen molar-refractivity contribution in [1.82, 2.24) is 15.1 Å². The summed E-state index contributed by atoms with van der Waals surface area (Å²) in [6.07, 6.45) is 8.08. The average molecular weight is 263 g/mol. The molecule has 108 valence electrons. The molecule has 2 rings (SSSR count). The van der Waals surface area contributed by atoms with E-state index in [1.54, 1.807) is 0 Å². The first-order valence-corrected chi connectivity index (χ1v) is 7.87. The number of nitrogens with zero attached hydrogens (tertiary/aromatic N) is 2. The molecule has 0 amide bonds. The van der Waals surface area contributed by atoms with Gasteiger partial charge in [0.15, 0.2) is 0 Å². The molecule has 0 aromatic carbocycles. The van der Waals surface area contributed by atoms with Gasteiger partial charge in [0, 0.05) is 11.7 Å². The predicted octanol–water partition coefficient (Wildman–Crippen LogP) is 3.23. The standard InChI is InChI=1S/C16H29N3/c1-5-15-12(2)18-19(13(15)3)11-16(17-4)14-9-7-6-8-10-14/h14,16-17H,5-11H2,1-4H3. The van der Waals surface area contributed by atoms with Crippen LogP contribution in [0.5, 0.6) is 0 Å². The molecular weight excluding hydrogens is 234 g/mol. The normalized spacial score (nSPS) is 18.7. The van der Waals surface area contributed by atoms with Crippen LogP contribution < -0.4 is 5.32 Å². The molecule has 19 heavy (non-hydrogen) atoms. The lowest BCUT2D eigenvalue weighted by atomic mass is 9.84. The third kappa shape index (κ3) is 3.19. The van der Waals surface area contributed by atoms with Gasteiger partial charge in [-0.3, -0.25) is 4.68 Å². The van der Waals surface area contributed by atoms with Gasteiger partial charge in [-0.05, 0) is 51.6 Å². The smallest absolute Gasteiger partial charge is 0.0628 e. The molecule has 0 saturated heterocycles. The quantitative estimate of drug-likeness (QED) is 0.884. The molecule has 1 atom stereocenters. The van der Waals surface area contributed by atoms with Crippen LogP contribution in [0.15, 0.2) is 0 Å². The van der Waals surface area contributed by atoms with E-state index in [9.17, 15) is 0 Å². The molecule has 0 spiro atoms. The Kier molecular flexibility index (Phi) is 5.03. The van der Waals surface area contributed by atoms with E-state index in [2.05, 4.69) is 37.8 Å². The van der Waals surface area contributed by atoms with E-state index in [1.807, 2.05) is 0 Å². The van der Waals surface area contributed by atoms with E-state index in [0.717, 1.165) is 18.9 Å². The van der Waals surface area contributed by atoms with Crippen molar-refractivity contribution in [2.24, 2.45) is 5.92 Å². The van der Waals surface area contributed by atoms with E-state index < -0.39 is 0 Å². The Bertz CT molecular complexity index is 402. The number of aromatic nitrogens is 2. The van der Waals surface area contributed by atoms with Gasteiger partial charge in [-0.25, -0.2) is 0 Å². The van der Waals surface area contributed by atoms with Crippen molar-refractivity contribution < 1.29 is 0 Å². The van der Waals surface area contributed by atoms with Crippen molar-refractivity contribution in [3.63, 3.8) is 0 Å². The minimum atomic E-state index is 0.572. The first kappa shape index (κ1) is 14.6. The van der Waals surface area contributed by atoms with Crippen LogP contribution in [0.2, 0.25) is 0 Å². The fourth-order valence-electron chi connectivity index (χ4n) is 3.62. The van der Waals surface area contributed by atoms with Crippen molar-refractivity contribution in [2.45, 2.75) is 71.9 Å². The highest BCUT2D eigenvalue weighted by molar-refractivity contribution is 5.24. The van der Waals surface area contributed by atoms with Crippen LogP contribution in [0.1, 0.15) is 56.0 Å². The fraction of sp³-hybridized carbons (Fsp3) is 0.812. The largest absolute Gasteiger partial charge is 0.315 e. The molecule has 0 bridgehead atoms. The Labute approximate surface area is 117 Å². The van der Waals surface area contributed by atoms with E-state index in [0.29, 0.717) is 6.04 Å². The van der Waals surface area contributed by atoms with Crippen molar-refractivity contribution in [3.8, 4) is 0 Å². The molecule has 0 aliphatic heterocycles. The first-order chi connectivity index (χ1) is 9.17. The minimum Gasteiger partial charge on any atom is -0.315 e. The lowest BCUT2D eigenvalue weighted by Crippen LogP contribution is -2.39. The van der Waals surface area contributed by atoms with Gasteiger partial charge < -0.3 is 5.32 Å². The maximum Gasteiger partial charge on any atom is 0.0628 e. The van der Waals surface area contributed by atoms with Crippen molar-refractivity contribution in [2.75, 3.05) is 7.05 Å². The number of likely N-dealkylation sites (N-methyl/N-ethyl adjacent to an activating group) is 1. The Hall–Kier alpha value is -0.830. The summed E-state index contributed by atoms with van der Waals surface area (Å²) in [5, 5.41) is 8.27. The van der Waals surface area contributed by atoms with Crippen LogP contribution >= 0.6 is 0 Å². The van der Waals surface area contributed by atoms with Crippen LogP contribution in [0.3, 0.4) is 0 Å². The van der Waals surface area contributed by atoms with Crippen LogP contribution in [0.25, 0.3) is 0 Å². The molecule has 3 heteroatoms. The molecule has 1 fully saturated rings. The van der Waals surface area contributed by atoms with Gasteiger partial charge in [0.05, 0.1) is 12.2 Å². The zero-order chi connectivity index (χ0) is 13.8. The second-order valence-corrected chi connectivity index (χ2v) is 5.98. The van der Waals surface area contributed by atoms with Gasteiger partial charge >= 0.3 is 0 Å². The number of aryl methyl sites for hydroxylation is 1. The van der Waals surface area contributed by atoms with E-state index in [4.69, 9.17) is 5.10 Å². The lowest BCUT2D eigenvalue weighted by molar-refractivity contribution is 0.251. The number of hydrogen-bond donors (Lipinski definition) is 1. The molecule has 0 radical (unpaired) electrons. The topological polar surface area (TPSA) is 29.9 Å². The molecule has 1 aromatic heterocycles. The molecule has 1 heterocycles. The third-order valence-electron chi connectivity index (χ3n) is 4.84. The molecule has 1 aliphatic carbocycles. The van der Waals surface area contributed by atoms with E-state index in [-0.39, 0.29) is 0 Å². The molecular formula is C16H29N3. The predicted molar refractivity (Wildman–Crippen MR) is 80.5 cm³/mol. The van der Waals surface area contributed by atoms with Gasteiger partial charge in [-0.15, -0.1) is 0 Å². The van der Waals surface area contributed by atoms with Crippen molar-refractivity contribution >= 4 is 0 Å². The van der Waals surface area contributed by atoms with Gasteiger partial charge in [0.1, 0.15) is 0 Å². The van der Waals surface area contributed by atoms with E-state index >= 15 is 0 Å². The average Bonchev–Trinajstić information content (AvgIpc) is 2.71. The fourth-order valence-corrected chi connectivity index (χ4v) is 3.62. The molecule has 1 aliphatic rings. The minimum absolute atomic E-state index is 0.572. The highest BCUT2D eigenvalue weighted by Gasteiger charge is 2.24. The molecule has 1 saturated carbocycles. The Morgan fingerprint density at radius 1 is 1.26 bits per heavy atom. The van der Waals surface area contributed by atoms with Gasteiger partial charge in [-0.1, -0.05) is 26.2 Å². The lowest BCUT2D eigenvalue weighted by Gasteiger charge is -2.30. The van der Waals surface area contributed by atoms with Crippen molar-refractivity contribution in [3.05, 3.63) is 17.0 Å². The Morgan fingerprint density at radius 2 is 1.95 bits per heavy atom. The maximum absolute atomic E-state index is 4.74. The molecule has 1 aromatic rings. The number of rotatable bonds is 5. The van der Waals surface area contributed by atoms with Crippen molar-refractivity contribution in [1.29, 1.82) is 0 Å². The van der Waals surface area contributed by atoms with Crippen LogP contribution in [0, 0.1) is 19.8 Å². The summed E-state index contributed by atoms with van der Waals surface area (Å²) in [7, 11) is 2.10. The molecule has 1 N–H and O–H groups in total. The monoisotopic (exact) mass is 263 g/mol. The van der Waals surface area contributed by atoms with Crippen LogP contribution in [-0.2, 0) is 13.0 Å². The highest BCUT2D eigenvalue weighted by Crippen LogP contribution is 2.27. The first-order valence-electron chi connectivity index (χ1n) is 7.87. The summed E-state index contributed by atoms with van der Waals surface area (Å²) in [6, 6.07) is 0.572. The third-order valence-corrected chi connectivity index (χ3v) is 4.84. The number of nitrogens with one attached hydrogen (secondary N) is 1. The summed E-state index contributed by atoms with van der Waals surface area (Å²) in [5.41, 5.74) is 3.99. The summed E-state index contributed by atoms with van der Waals surface area (Å²) in [6.45, 7) is 7.59. The summed E-state index contributed by atoms with van der Waals surface area (Å²) in [5.74, 6) is 0.827. The summed E-state index contributed by atoms with van der Waals surface area (Å²) in [4.78, 5) is 0. The summed E-state index contributed by atoms with van der Waals surface area (Å²) < 4.78 is 2.23. The molecule has 3 nitrogen and oxygen atoms in total. The SMILES string of the molecule is CCc1c(C)nn(CC(NC)C2CCCCC2)c1C. The van der Waals surface area contributed by atoms with Crippen LogP contribution in [-0.4, -0.2) is 22.9 Å². The maximum atomic E-state index is 4.74. The Balaban J connectivity index is 2.09. The second-order valence-electron chi connectivity index (χ2n) is 5.98. The van der Waals surface area contributed by atoms with Gasteiger partial charge in [0.2, 0.25) is 0 Å². The Morgan fingerprint density at radius 3 is 2.47 bits per heavy atom. The second kappa shape index (κ2) is 6.56. The summed E-state index contributed by atoms with van der Waals surface area (Å²) >= 11 is 0. The van der Waals surface area contributed by atoms with E-state index in [1.165, 1.54) is 49.1 Å².